The Bertz CT molecular complexity index is 744. The largest absolute Gasteiger partial charge is 0.360 e. The number of nitrogens with zero attached hydrogens (tertiary/aromatic N) is 2. The molecule has 10 heteroatoms. The van der Waals surface area contributed by atoms with Gasteiger partial charge in [0.1, 0.15) is 55.6 Å². The second kappa shape index (κ2) is 31.5. The van der Waals surface area contributed by atoms with Crippen molar-refractivity contribution < 1.29 is 0 Å². The Kier molecular flexibility index (Phi) is 41.3. The van der Waals surface area contributed by atoms with Gasteiger partial charge >= 0.3 is 0 Å². The van der Waals surface area contributed by atoms with Crippen molar-refractivity contribution in [2.45, 2.75) is 145 Å². The van der Waals surface area contributed by atoms with Gasteiger partial charge in [-0.15, -0.1) is 32.6 Å². The summed E-state index contributed by atoms with van der Waals surface area (Å²) in [6.07, 6.45) is 17.6. The average Bonchev–Trinajstić information content (AvgIpc) is 2.85. The average molecular weight is 760 g/mol. The second-order valence-electron chi connectivity index (χ2n) is 17.5. The molecule has 0 saturated heterocycles. The van der Waals surface area contributed by atoms with Crippen LogP contribution in [-0.4, -0.2) is 87.5 Å². The molecule has 0 saturated carbocycles. The van der Waals surface area contributed by atoms with Gasteiger partial charge in [-0.1, -0.05) is 155 Å². The van der Waals surface area contributed by atoms with Crippen LogP contribution in [0.1, 0.15) is 33.6 Å². The molecule has 0 aromatic heterocycles. The molecule has 0 fully saturated rings. The molecule has 4 nitrogen and oxygen atoms in total. The zero-order valence-corrected chi connectivity index (χ0v) is 43.0. The SMILES string of the molecule is C#CC(C)(C#C)C=C.C=CCC.C=CCC.CN(C)[SiH](C)C.CN(C)[Si](C)(C)C.C[Si](C)(C)N[Si](C)(C)C.C[Si](C)(C)N[Si](C)(C)C. The third kappa shape index (κ3) is 81.5. The van der Waals surface area contributed by atoms with E-state index in [4.69, 9.17) is 12.8 Å². The third-order valence-electron chi connectivity index (χ3n) is 5.46. The molecule has 0 atom stereocenters. The van der Waals surface area contributed by atoms with Crippen molar-refractivity contribution in [1.82, 2.24) is 18.4 Å². The first-order valence-corrected chi connectivity index (χ1v) is 37.5. The van der Waals surface area contributed by atoms with E-state index in [2.05, 4.69) is 203 Å². The number of hydrogen-bond donors (Lipinski definition) is 2. The highest BCUT2D eigenvalue weighted by molar-refractivity contribution is 6.90. The van der Waals surface area contributed by atoms with Crippen LogP contribution in [0.5, 0.6) is 0 Å². The Morgan fingerprint density at radius 2 is 0.787 bits per heavy atom. The standard InChI is InChI=1S/C8H8.2C6H19NSi2.C5H15NSi.C4H13NSi.2C4H8/c1-5-8(4,6-2)7-3;2*1-8(2,3)7-9(4,5)6;1-6(2)7(3,4)5;1-5(2)6(3)4;2*1-3-4-2/h1-2,7H,3H2,4H3;2*7H,1-6H3;1-5H3;6H,1-4H3;2*3H,1,4H2,2H3. The van der Waals surface area contributed by atoms with Crippen LogP contribution < -0.4 is 9.30 Å². The Hall–Kier alpha value is -0.519. The summed E-state index contributed by atoms with van der Waals surface area (Å²) in [7, 11) is 3.33. The summed E-state index contributed by atoms with van der Waals surface area (Å²) >= 11 is 0. The predicted molar refractivity (Wildman–Crippen MR) is 246 cm³/mol. The van der Waals surface area contributed by atoms with Crippen molar-refractivity contribution in [3.8, 4) is 24.7 Å². The topological polar surface area (TPSA) is 30.5 Å². The Morgan fingerprint density at radius 3 is 0.787 bits per heavy atom. The fourth-order valence-corrected chi connectivity index (χ4v) is 20.4. The van der Waals surface area contributed by atoms with E-state index in [1.54, 1.807) is 13.0 Å². The first-order valence-electron chi connectivity index (χ1n) is 17.2. The lowest BCUT2D eigenvalue weighted by atomic mass is 9.94. The van der Waals surface area contributed by atoms with E-state index in [9.17, 15) is 0 Å². The van der Waals surface area contributed by atoms with Gasteiger partial charge in [0.05, 0.1) is 0 Å². The third-order valence-corrected chi connectivity index (χ3v) is 22.2. The number of nitrogens with one attached hydrogen (secondary N) is 2. The lowest BCUT2D eigenvalue weighted by Crippen LogP contribution is -2.55. The molecule has 0 spiro atoms. The zero-order chi connectivity index (χ0) is 40.1. The molecule has 0 aliphatic carbocycles. The molecule has 0 amide bonds. The van der Waals surface area contributed by atoms with E-state index < -0.39 is 55.6 Å². The Morgan fingerprint density at radius 1 is 0.617 bits per heavy atom. The van der Waals surface area contributed by atoms with Gasteiger partial charge in [-0.25, -0.2) is 0 Å². The quantitative estimate of drug-likeness (QED) is 0.139. The fourth-order valence-electron chi connectivity index (χ4n) is 2.41. The molecule has 282 valence electrons. The maximum absolute atomic E-state index is 5.06. The first-order chi connectivity index (χ1) is 20.5. The summed E-state index contributed by atoms with van der Waals surface area (Å²) in [4.78, 5) is 0. The molecule has 0 heterocycles. The van der Waals surface area contributed by atoms with Crippen LogP contribution in [0, 0.1) is 30.1 Å². The number of allylic oxidation sites excluding steroid dienone is 3. The maximum atomic E-state index is 5.06. The second-order valence-corrected chi connectivity index (χ2v) is 45.9. The summed E-state index contributed by atoms with van der Waals surface area (Å²) in [6.45, 7) is 56.2. The van der Waals surface area contributed by atoms with Crippen LogP contribution in [0.25, 0.3) is 0 Å². The summed E-state index contributed by atoms with van der Waals surface area (Å²) in [5.74, 6) is 4.85. The van der Waals surface area contributed by atoms with Crippen molar-refractivity contribution in [3.63, 3.8) is 0 Å². The van der Waals surface area contributed by atoms with E-state index in [0.29, 0.717) is 0 Å². The molecule has 0 unspecified atom stereocenters. The summed E-state index contributed by atoms with van der Waals surface area (Å²) in [5.41, 5.74) is -0.556. The molecule has 0 aromatic carbocycles. The van der Waals surface area contributed by atoms with Crippen molar-refractivity contribution in [1.29, 1.82) is 0 Å². The maximum Gasteiger partial charge on any atom is 0.118 e. The van der Waals surface area contributed by atoms with Gasteiger partial charge in [0.25, 0.3) is 0 Å². The van der Waals surface area contributed by atoms with Gasteiger partial charge in [0, 0.05) is 0 Å². The van der Waals surface area contributed by atoms with Gasteiger partial charge < -0.3 is 18.4 Å². The van der Waals surface area contributed by atoms with Crippen molar-refractivity contribution in [2.75, 3.05) is 28.2 Å². The summed E-state index contributed by atoms with van der Waals surface area (Å²) in [6, 6.07) is 0. The Labute approximate surface area is 308 Å². The molecule has 2 N–H and O–H groups in total. The number of rotatable bonds is 9. The minimum absolute atomic E-state index is 0.410. The van der Waals surface area contributed by atoms with E-state index in [1.165, 1.54) is 0 Å². The summed E-state index contributed by atoms with van der Waals surface area (Å²) < 4.78 is 12.1. The van der Waals surface area contributed by atoms with Gasteiger partial charge in [0.15, 0.2) is 0 Å². The smallest absolute Gasteiger partial charge is 0.118 e. The normalized spacial score (nSPS) is 11.3. The molecular weight excluding hydrogens is 669 g/mol. The highest BCUT2D eigenvalue weighted by Gasteiger charge is 2.23. The minimum atomic E-state index is -0.981. The van der Waals surface area contributed by atoms with Crippen molar-refractivity contribution in [2.24, 2.45) is 5.41 Å². The molecular formula is C37H90N4Si6. The lowest BCUT2D eigenvalue weighted by Gasteiger charge is -2.28. The highest BCUT2D eigenvalue weighted by Crippen LogP contribution is 2.12. The molecule has 0 radical (unpaired) electrons. The van der Waals surface area contributed by atoms with E-state index in [0.717, 1.165) is 12.8 Å². The van der Waals surface area contributed by atoms with Gasteiger partial charge in [-0.2, -0.15) is 0 Å². The molecule has 47 heavy (non-hydrogen) atoms. The summed E-state index contributed by atoms with van der Waals surface area (Å²) in [5, 5.41) is 0. The van der Waals surface area contributed by atoms with Crippen LogP contribution in [0.2, 0.25) is 111 Å². The van der Waals surface area contributed by atoms with E-state index in [-0.39, 0.29) is 0 Å². The predicted octanol–water partition coefficient (Wildman–Crippen LogP) is 11.0. The van der Waals surface area contributed by atoms with Gasteiger partial charge in [-0.3, -0.25) is 0 Å². The van der Waals surface area contributed by atoms with Gasteiger partial charge in [0.2, 0.25) is 0 Å². The lowest BCUT2D eigenvalue weighted by molar-refractivity contribution is 0.627. The zero-order valence-electron chi connectivity index (χ0n) is 36.9. The molecule has 0 aromatic rings. The van der Waals surface area contributed by atoms with E-state index in [1.807, 2.05) is 12.2 Å². The Balaban J connectivity index is -0.0000000810. The van der Waals surface area contributed by atoms with Crippen LogP contribution in [0.3, 0.4) is 0 Å². The molecule has 0 aliphatic rings. The number of terminal acetylenes is 2. The fraction of sp³-hybridized carbons (Fsp3) is 0.730. The first kappa shape index (κ1) is 61.7. The van der Waals surface area contributed by atoms with Crippen LogP contribution in [0.15, 0.2) is 38.0 Å². The molecule has 0 aliphatic heterocycles. The van der Waals surface area contributed by atoms with Crippen molar-refractivity contribution >= 4 is 50.1 Å². The van der Waals surface area contributed by atoms with Crippen LogP contribution in [0.4, 0.5) is 0 Å². The van der Waals surface area contributed by atoms with Crippen LogP contribution >= 0.6 is 0 Å². The highest BCUT2D eigenvalue weighted by atomic mass is 28.4. The van der Waals surface area contributed by atoms with Crippen LogP contribution in [-0.2, 0) is 0 Å². The van der Waals surface area contributed by atoms with Crippen molar-refractivity contribution in [3.05, 3.63) is 38.0 Å². The number of hydrogen-bond acceptors (Lipinski definition) is 4. The molecule has 0 rings (SSSR count). The monoisotopic (exact) mass is 759 g/mol. The van der Waals surface area contributed by atoms with Gasteiger partial charge in [-0.05, 0) is 48.0 Å². The minimum Gasteiger partial charge on any atom is -0.360 e. The molecule has 0 bridgehead atoms. The van der Waals surface area contributed by atoms with E-state index >= 15 is 0 Å².